The maximum atomic E-state index is 14.0. The molecule has 0 radical (unpaired) electrons. The van der Waals surface area contributed by atoms with Gasteiger partial charge in [-0.25, -0.2) is 17.2 Å². The van der Waals surface area contributed by atoms with Crippen LogP contribution in [0.4, 0.5) is 14.5 Å². The lowest BCUT2D eigenvalue weighted by Gasteiger charge is -2.22. The molecule has 0 N–H and O–H groups in total. The highest BCUT2D eigenvalue weighted by molar-refractivity contribution is 7.92. The molecule has 0 aliphatic heterocycles. The number of aromatic nitrogens is 1. The average Bonchev–Trinajstić information content (AvgIpc) is 2.44. The third-order valence-corrected chi connectivity index (χ3v) is 4.15. The molecule has 116 valence electrons. The van der Waals surface area contributed by atoms with Gasteiger partial charge in [0.1, 0.15) is 11.6 Å². The molecule has 7 heteroatoms. The predicted molar refractivity (Wildman–Crippen MR) is 81.7 cm³/mol. The highest BCUT2D eigenvalue weighted by Gasteiger charge is 2.20. The molecule has 4 nitrogen and oxygen atoms in total. The Bertz CT molecular complexity index is 807. The molecule has 0 unspecified atom stereocenters. The average molecular weight is 324 g/mol. The van der Waals surface area contributed by atoms with Gasteiger partial charge in [0.15, 0.2) is 0 Å². The molecule has 0 aliphatic rings. The number of pyridine rings is 1. The van der Waals surface area contributed by atoms with Crippen LogP contribution in [0.15, 0.2) is 43.2 Å². The molecule has 0 fully saturated rings. The normalized spacial score (nSPS) is 11.2. The first-order valence-corrected chi connectivity index (χ1v) is 8.15. The molecule has 0 amide bonds. The maximum absolute atomic E-state index is 14.0. The molecule has 0 aliphatic carbocycles. The zero-order valence-corrected chi connectivity index (χ0v) is 12.6. The van der Waals surface area contributed by atoms with Crippen molar-refractivity contribution >= 4 is 21.8 Å². The number of halogens is 2. The van der Waals surface area contributed by atoms with Gasteiger partial charge in [-0.15, -0.1) is 0 Å². The molecule has 0 atom stereocenters. The van der Waals surface area contributed by atoms with Crippen molar-refractivity contribution in [3.8, 4) is 0 Å². The molecule has 22 heavy (non-hydrogen) atoms. The highest BCUT2D eigenvalue weighted by atomic mass is 32.2. The number of anilines is 1. The first-order chi connectivity index (χ1) is 10.3. The van der Waals surface area contributed by atoms with Crippen molar-refractivity contribution in [2.24, 2.45) is 0 Å². The fourth-order valence-electron chi connectivity index (χ4n) is 1.91. The van der Waals surface area contributed by atoms with Gasteiger partial charge in [-0.1, -0.05) is 24.8 Å². The van der Waals surface area contributed by atoms with Gasteiger partial charge in [0.25, 0.3) is 0 Å². The van der Waals surface area contributed by atoms with Gasteiger partial charge < -0.3 is 0 Å². The van der Waals surface area contributed by atoms with Crippen molar-refractivity contribution in [1.82, 2.24) is 4.98 Å². The van der Waals surface area contributed by atoms with Gasteiger partial charge in [-0.2, -0.15) is 0 Å². The summed E-state index contributed by atoms with van der Waals surface area (Å²) in [5, 5.41) is 0. The SMILES string of the molecule is C=Cc1ccc(CN(c2cncc(F)c2)S(C)(=O)=O)c(F)c1. The minimum atomic E-state index is -3.73. The lowest BCUT2D eigenvalue weighted by atomic mass is 10.1. The van der Waals surface area contributed by atoms with E-state index in [0.717, 1.165) is 22.8 Å². The Morgan fingerprint density at radius 3 is 2.55 bits per heavy atom. The summed E-state index contributed by atoms with van der Waals surface area (Å²) >= 11 is 0. The third kappa shape index (κ3) is 3.67. The molecular formula is C15H14F2N2O2S. The molecule has 0 bridgehead atoms. The molecule has 1 aromatic carbocycles. The predicted octanol–water partition coefficient (Wildman–Crippen LogP) is 2.97. The van der Waals surface area contributed by atoms with Crippen LogP contribution in [-0.4, -0.2) is 19.7 Å². The first kappa shape index (κ1) is 16.1. The Kier molecular flexibility index (Phi) is 4.56. The lowest BCUT2D eigenvalue weighted by molar-refractivity contribution is 0.589. The summed E-state index contributed by atoms with van der Waals surface area (Å²) in [6.07, 6.45) is 4.62. The van der Waals surface area contributed by atoms with Gasteiger partial charge in [-0.3, -0.25) is 9.29 Å². The first-order valence-electron chi connectivity index (χ1n) is 6.30. The Balaban J connectivity index is 2.42. The quantitative estimate of drug-likeness (QED) is 0.849. The topological polar surface area (TPSA) is 50.3 Å². The minimum Gasteiger partial charge on any atom is -0.264 e. The van der Waals surface area contributed by atoms with Crippen LogP contribution in [0.3, 0.4) is 0 Å². The Hall–Kier alpha value is -2.28. The molecular weight excluding hydrogens is 310 g/mol. The molecule has 0 saturated heterocycles. The third-order valence-electron chi connectivity index (χ3n) is 3.01. The number of benzene rings is 1. The van der Waals surface area contributed by atoms with E-state index in [1.807, 2.05) is 0 Å². The summed E-state index contributed by atoms with van der Waals surface area (Å²) in [6.45, 7) is 3.28. The summed E-state index contributed by atoms with van der Waals surface area (Å²) < 4.78 is 52.0. The number of hydrogen-bond donors (Lipinski definition) is 0. The van der Waals surface area contributed by atoms with Crippen LogP contribution in [0.2, 0.25) is 0 Å². The Morgan fingerprint density at radius 1 is 1.27 bits per heavy atom. The van der Waals surface area contributed by atoms with Crippen LogP contribution in [0, 0.1) is 11.6 Å². The molecule has 2 rings (SSSR count). The molecule has 0 saturated carbocycles. The maximum Gasteiger partial charge on any atom is 0.232 e. The van der Waals surface area contributed by atoms with Crippen LogP contribution in [0.25, 0.3) is 6.08 Å². The second kappa shape index (κ2) is 6.23. The van der Waals surface area contributed by atoms with E-state index in [1.165, 1.54) is 24.4 Å². The summed E-state index contributed by atoms with van der Waals surface area (Å²) in [5.74, 6) is -1.23. The van der Waals surface area contributed by atoms with E-state index < -0.39 is 21.7 Å². The monoisotopic (exact) mass is 324 g/mol. The van der Waals surface area contributed by atoms with E-state index in [9.17, 15) is 17.2 Å². The minimum absolute atomic E-state index is 0.0368. The van der Waals surface area contributed by atoms with Crippen molar-refractivity contribution in [2.75, 3.05) is 10.6 Å². The largest absolute Gasteiger partial charge is 0.264 e. The van der Waals surface area contributed by atoms with Crippen molar-refractivity contribution < 1.29 is 17.2 Å². The van der Waals surface area contributed by atoms with E-state index in [0.29, 0.717) is 5.56 Å². The fraction of sp³-hybridized carbons (Fsp3) is 0.133. The van der Waals surface area contributed by atoms with Crippen molar-refractivity contribution in [2.45, 2.75) is 6.54 Å². The molecule has 0 spiro atoms. The number of hydrogen-bond acceptors (Lipinski definition) is 3. The van der Waals surface area contributed by atoms with Crippen LogP contribution in [0.1, 0.15) is 11.1 Å². The van der Waals surface area contributed by atoms with Crippen molar-refractivity contribution in [3.63, 3.8) is 0 Å². The Labute approximate surface area is 127 Å². The standard InChI is InChI=1S/C15H14F2N2O2S/c1-3-11-4-5-12(15(17)6-11)10-19(22(2,20)21)14-7-13(16)8-18-9-14/h3-9H,1,10H2,2H3. The summed E-state index contributed by atoms with van der Waals surface area (Å²) in [6, 6.07) is 5.38. The fourth-order valence-corrected chi connectivity index (χ4v) is 2.77. The van der Waals surface area contributed by atoms with E-state index >= 15 is 0 Å². The van der Waals surface area contributed by atoms with Gasteiger partial charge in [0.05, 0.1) is 30.9 Å². The number of rotatable bonds is 5. The second-order valence-corrected chi connectivity index (χ2v) is 6.59. The van der Waals surface area contributed by atoms with Crippen LogP contribution in [0.5, 0.6) is 0 Å². The van der Waals surface area contributed by atoms with E-state index in [1.54, 1.807) is 6.07 Å². The highest BCUT2D eigenvalue weighted by Crippen LogP contribution is 2.22. The molecule has 1 heterocycles. The van der Waals surface area contributed by atoms with Crippen molar-refractivity contribution in [3.05, 3.63) is 66.0 Å². The van der Waals surface area contributed by atoms with Gasteiger partial charge >= 0.3 is 0 Å². The number of nitrogens with zero attached hydrogens (tertiary/aromatic N) is 2. The smallest absolute Gasteiger partial charge is 0.232 e. The summed E-state index contributed by atoms with van der Waals surface area (Å²) in [4.78, 5) is 3.62. The van der Waals surface area contributed by atoms with E-state index in [2.05, 4.69) is 11.6 Å². The molecule has 2 aromatic rings. The van der Waals surface area contributed by atoms with Gasteiger partial charge in [0, 0.05) is 11.6 Å². The zero-order chi connectivity index (χ0) is 16.3. The number of sulfonamides is 1. The zero-order valence-electron chi connectivity index (χ0n) is 11.8. The second-order valence-electron chi connectivity index (χ2n) is 4.69. The summed E-state index contributed by atoms with van der Waals surface area (Å²) in [5.41, 5.74) is 0.787. The Morgan fingerprint density at radius 2 is 2.00 bits per heavy atom. The lowest BCUT2D eigenvalue weighted by Crippen LogP contribution is -2.29. The van der Waals surface area contributed by atoms with Crippen LogP contribution < -0.4 is 4.31 Å². The summed E-state index contributed by atoms with van der Waals surface area (Å²) in [7, 11) is -3.73. The van der Waals surface area contributed by atoms with Crippen LogP contribution >= 0.6 is 0 Å². The molecule has 1 aromatic heterocycles. The van der Waals surface area contributed by atoms with E-state index in [4.69, 9.17) is 0 Å². The van der Waals surface area contributed by atoms with Gasteiger partial charge in [0.2, 0.25) is 10.0 Å². The van der Waals surface area contributed by atoms with E-state index in [-0.39, 0.29) is 17.8 Å². The van der Waals surface area contributed by atoms with Gasteiger partial charge in [-0.05, 0) is 11.6 Å². The van der Waals surface area contributed by atoms with Crippen LogP contribution in [-0.2, 0) is 16.6 Å². The van der Waals surface area contributed by atoms with Crippen molar-refractivity contribution in [1.29, 1.82) is 0 Å².